The van der Waals surface area contributed by atoms with Gasteiger partial charge in [-0.1, -0.05) is 0 Å². The number of amides is 1. The molecule has 0 aliphatic carbocycles. The van der Waals surface area contributed by atoms with Gasteiger partial charge < -0.3 is 10.6 Å². The summed E-state index contributed by atoms with van der Waals surface area (Å²) >= 11 is 1.45. The summed E-state index contributed by atoms with van der Waals surface area (Å²) in [7, 11) is 0. The third-order valence-electron chi connectivity index (χ3n) is 4.24. The SMILES string of the molecule is Cl.NCC1CCCCN1C(=O)CCn1cnc2sccc2c1=O. The Bertz CT molecular complexity index is 730. The summed E-state index contributed by atoms with van der Waals surface area (Å²) in [4.78, 5) is 31.6. The molecule has 3 heterocycles. The lowest BCUT2D eigenvalue weighted by molar-refractivity contribution is -0.134. The third kappa shape index (κ3) is 3.73. The molecule has 8 heteroatoms. The lowest BCUT2D eigenvalue weighted by Gasteiger charge is -2.35. The molecular formula is C15H21ClN4O2S. The van der Waals surface area contributed by atoms with E-state index in [1.54, 1.807) is 6.07 Å². The Morgan fingerprint density at radius 3 is 3.04 bits per heavy atom. The number of nitrogens with zero attached hydrogens (tertiary/aromatic N) is 3. The first-order chi connectivity index (χ1) is 10.7. The molecule has 2 aromatic heterocycles. The molecule has 1 aliphatic rings. The minimum atomic E-state index is -0.0759. The van der Waals surface area contributed by atoms with Crippen molar-refractivity contribution >= 4 is 39.9 Å². The van der Waals surface area contributed by atoms with Crippen LogP contribution in [0.1, 0.15) is 25.7 Å². The van der Waals surface area contributed by atoms with Crippen LogP contribution in [0, 0.1) is 0 Å². The molecule has 0 spiro atoms. The van der Waals surface area contributed by atoms with Gasteiger partial charge in [0.15, 0.2) is 0 Å². The molecule has 0 bridgehead atoms. The van der Waals surface area contributed by atoms with Crippen LogP contribution >= 0.6 is 23.7 Å². The normalized spacial score (nSPS) is 18.0. The zero-order valence-electron chi connectivity index (χ0n) is 12.8. The molecule has 23 heavy (non-hydrogen) atoms. The van der Waals surface area contributed by atoms with Gasteiger partial charge >= 0.3 is 0 Å². The molecule has 126 valence electrons. The monoisotopic (exact) mass is 356 g/mol. The molecular weight excluding hydrogens is 336 g/mol. The van der Waals surface area contributed by atoms with Crippen molar-refractivity contribution in [2.45, 2.75) is 38.3 Å². The summed E-state index contributed by atoms with van der Waals surface area (Å²) in [5, 5.41) is 2.48. The number of halogens is 1. The standard InChI is InChI=1S/C15H20N4O2S.ClH/c16-9-11-3-1-2-6-19(11)13(20)4-7-18-10-17-14-12(15(18)21)5-8-22-14;/h5,8,10-11H,1-4,6-7,9,16H2;1H. The topological polar surface area (TPSA) is 81.2 Å². The van der Waals surface area contributed by atoms with Crippen LogP contribution in [0.15, 0.2) is 22.6 Å². The van der Waals surface area contributed by atoms with E-state index in [2.05, 4.69) is 4.98 Å². The van der Waals surface area contributed by atoms with Crippen LogP contribution in [0.4, 0.5) is 0 Å². The van der Waals surface area contributed by atoms with Gasteiger partial charge in [-0.25, -0.2) is 4.98 Å². The Kier molecular flexibility index (Phi) is 6.15. The van der Waals surface area contributed by atoms with Crippen LogP contribution in [0.5, 0.6) is 0 Å². The second-order valence-electron chi connectivity index (χ2n) is 5.60. The van der Waals surface area contributed by atoms with Gasteiger partial charge in [0.2, 0.25) is 5.91 Å². The molecule has 2 N–H and O–H groups in total. The molecule has 0 aromatic carbocycles. The van der Waals surface area contributed by atoms with Crippen LogP contribution in [0.25, 0.3) is 10.2 Å². The zero-order valence-corrected chi connectivity index (χ0v) is 14.4. The summed E-state index contributed by atoms with van der Waals surface area (Å²) in [6.07, 6.45) is 4.98. The summed E-state index contributed by atoms with van der Waals surface area (Å²) in [5.41, 5.74) is 5.68. The predicted octanol–water partition coefficient (Wildman–Crippen LogP) is 1.61. The average Bonchev–Trinajstić information content (AvgIpc) is 3.03. The average molecular weight is 357 g/mol. The fourth-order valence-corrected chi connectivity index (χ4v) is 3.71. The number of hydrogen-bond donors (Lipinski definition) is 1. The van der Waals surface area contributed by atoms with Crippen molar-refractivity contribution in [1.82, 2.24) is 14.5 Å². The molecule has 1 saturated heterocycles. The van der Waals surface area contributed by atoms with E-state index in [0.29, 0.717) is 24.9 Å². The zero-order chi connectivity index (χ0) is 15.5. The fraction of sp³-hybridized carbons (Fsp3) is 0.533. The minimum absolute atomic E-state index is 0. The molecule has 1 atom stereocenters. The highest BCUT2D eigenvalue weighted by Gasteiger charge is 2.25. The number of carbonyl (C=O) groups is 1. The number of nitrogens with two attached hydrogens (primary N) is 1. The Morgan fingerprint density at radius 2 is 2.26 bits per heavy atom. The summed E-state index contributed by atoms with van der Waals surface area (Å²) in [6, 6.07) is 1.93. The number of aryl methyl sites for hydroxylation is 1. The number of fused-ring (bicyclic) bond motifs is 1. The summed E-state index contributed by atoms with van der Waals surface area (Å²) < 4.78 is 1.52. The molecule has 1 aliphatic heterocycles. The largest absolute Gasteiger partial charge is 0.338 e. The van der Waals surface area contributed by atoms with Crippen LogP contribution in [0.3, 0.4) is 0 Å². The quantitative estimate of drug-likeness (QED) is 0.902. The van der Waals surface area contributed by atoms with Crippen molar-refractivity contribution < 1.29 is 4.79 Å². The van der Waals surface area contributed by atoms with E-state index in [1.165, 1.54) is 22.2 Å². The number of piperidine rings is 1. The van der Waals surface area contributed by atoms with Crippen molar-refractivity contribution in [1.29, 1.82) is 0 Å². The van der Waals surface area contributed by atoms with E-state index in [-0.39, 0.29) is 29.9 Å². The maximum Gasteiger partial charge on any atom is 0.262 e. The van der Waals surface area contributed by atoms with Crippen molar-refractivity contribution in [2.24, 2.45) is 5.73 Å². The van der Waals surface area contributed by atoms with E-state index in [9.17, 15) is 9.59 Å². The molecule has 1 amide bonds. The minimum Gasteiger partial charge on any atom is -0.338 e. The Balaban J connectivity index is 0.00000192. The molecule has 1 fully saturated rings. The van der Waals surface area contributed by atoms with Gasteiger partial charge in [-0.2, -0.15) is 0 Å². The lowest BCUT2D eigenvalue weighted by atomic mass is 10.0. The number of carbonyl (C=O) groups excluding carboxylic acids is 1. The molecule has 6 nitrogen and oxygen atoms in total. The van der Waals surface area contributed by atoms with Gasteiger partial charge in [-0.15, -0.1) is 23.7 Å². The molecule has 1 unspecified atom stereocenters. The number of hydrogen-bond acceptors (Lipinski definition) is 5. The smallest absolute Gasteiger partial charge is 0.262 e. The first kappa shape index (κ1) is 17.9. The maximum absolute atomic E-state index is 12.4. The molecule has 2 aromatic rings. The highest BCUT2D eigenvalue weighted by Crippen LogP contribution is 2.17. The Morgan fingerprint density at radius 1 is 1.43 bits per heavy atom. The number of likely N-dealkylation sites (tertiary alicyclic amines) is 1. The van der Waals surface area contributed by atoms with Crippen LogP contribution in [0.2, 0.25) is 0 Å². The number of rotatable bonds is 4. The van der Waals surface area contributed by atoms with E-state index in [0.717, 1.165) is 30.6 Å². The summed E-state index contributed by atoms with van der Waals surface area (Å²) in [6.45, 7) is 1.65. The van der Waals surface area contributed by atoms with Crippen LogP contribution < -0.4 is 11.3 Å². The van der Waals surface area contributed by atoms with Crippen molar-refractivity contribution in [3.8, 4) is 0 Å². The van der Waals surface area contributed by atoms with Crippen LogP contribution in [-0.2, 0) is 11.3 Å². The van der Waals surface area contributed by atoms with Crippen LogP contribution in [-0.4, -0.2) is 39.5 Å². The van der Waals surface area contributed by atoms with Gasteiger partial charge in [0.1, 0.15) is 4.83 Å². The highest BCUT2D eigenvalue weighted by atomic mass is 35.5. The second kappa shape index (κ2) is 7.90. The number of thiophene rings is 1. The first-order valence-electron chi connectivity index (χ1n) is 7.63. The van der Waals surface area contributed by atoms with Crippen molar-refractivity contribution in [3.05, 3.63) is 28.1 Å². The summed E-state index contributed by atoms with van der Waals surface area (Å²) in [5.74, 6) is 0.0764. The van der Waals surface area contributed by atoms with E-state index in [4.69, 9.17) is 5.73 Å². The molecule has 0 saturated carbocycles. The second-order valence-corrected chi connectivity index (χ2v) is 6.50. The first-order valence-corrected chi connectivity index (χ1v) is 8.51. The fourth-order valence-electron chi connectivity index (χ4n) is 2.99. The van der Waals surface area contributed by atoms with Crippen molar-refractivity contribution in [2.75, 3.05) is 13.1 Å². The van der Waals surface area contributed by atoms with E-state index < -0.39 is 0 Å². The van der Waals surface area contributed by atoms with Gasteiger partial charge in [0.25, 0.3) is 5.56 Å². The van der Waals surface area contributed by atoms with Gasteiger partial charge in [0.05, 0.1) is 11.7 Å². The van der Waals surface area contributed by atoms with E-state index >= 15 is 0 Å². The Labute approximate surface area is 144 Å². The Hall–Kier alpha value is -1.44. The number of aromatic nitrogens is 2. The van der Waals surface area contributed by atoms with Gasteiger partial charge in [0, 0.05) is 32.1 Å². The van der Waals surface area contributed by atoms with Crippen molar-refractivity contribution in [3.63, 3.8) is 0 Å². The highest BCUT2D eigenvalue weighted by molar-refractivity contribution is 7.16. The molecule has 3 rings (SSSR count). The third-order valence-corrected chi connectivity index (χ3v) is 5.06. The molecule has 0 radical (unpaired) electrons. The predicted molar refractivity (Wildman–Crippen MR) is 94.2 cm³/mol. The van der Waals surface area contributed by atoms with E-state index in [1.807, 2.05) is 10.3 Å². The lowest BCUT2D eigenvalue weighted by Crippen LogP contribution is -2.47. The van der Waals surface area contributed by atoms with Gasteiger partial charge in [-0.3, -0.25) is 14.2 Å². The maximum atomic E-state index is 12.4. The van der Waals surface area contributed by atoms with Gasteiger partial charge in [-0.05, 0) is 30.7 Å².